The second-order valence-electron chi connectivity index (χ2n) is 3.94. The third kappa shape index (κ3) is 2.51. The third-order valence-electron chi connectivity index (χ3n) is 2.66. The van der Waals surface area contributed by atoms with Gasteiger partial charge in [-0.1, -0.05) is 12.1 Å². The van der Waals surface area contributed by atoms with Crippen LogP contribution in [0, 0.1) is 0 Å². The number of imidazole rings is 1. The van der Waals surface area contributed by atoms with Gasteiger partial charge >= 0.3 is 5.97 Å². The number of hydrogen-bond donors (Lipinski definition) is 1. The monoisotopic (exact) mass is 247 g/mol. The van der Waals surface area contributed by atoms with E-state index < -0.39 is 0 Å². The highest BCUT2D eigenvalue weighted by atomic mass is 16.5. The number of esters is 1. The first-order valence-electron chi connectivity index (χ1n) is 6.00. The Morgan fingerprint density at radius 3 is 2.94 bits per heavy atom. The number of nitrogens with zero attached hydrogens (tertiary/aromatic N) is 2. The van der Waals surface area contributed by atoms with Crippen LogP contribution in [0.4, 0.5) is 0 Å². The molecule has 0 atom stereocenters. The fourth-order valence-electron chi connectivity index (χ4n) is 1.93. The van der Waals surface area contributed by atoms with E-state index in [1.807, 2.05) is 35.9 Å². The molecule has 0 aliphatic carbocycles. The summed E-state index contributed by atoms with van der Waals surface area (Å²) in [5, 5.41) is 3.06. The van der Waals surface area contributed by atoms with Gasteiger partial charge in [-0.05, 0) is 26.1 Å². The van der Waals surface area contributed by atoms with E-state index in [4.69, 9.17) is 4.74 Å². The number of benzene rings is 1. The Morgan fingerprint density at radius 2 is 2.22 bits per heavy atom. The number of ether oxygens (including phenoxy) is 1. The maximum absolute atomic E-state index is 11.6. The van der Waals surface area contributed by atoms with Crippen LogP contribution in [0.3, 0.4) is 0 Å². The molecular weight excluding hydrogens is 230 g/mol. The molecule has 0 saturated carbocycles. The van der Waals surface area contributed by atoms with Gasteiger partial charge < -0.3 is 14.6 Å². The van der Waals surface area contributed by atoms with Gasteiger partial charge in [-0.15, -0.1) is 0 Å². The molecule has 2 aromatic rings. The van der Waals surface area contributed by atoms with Crippen molar-refractivity contribution in [3.05, 3.63) is 30.1 Å². The lowest BCUT2D eigenvalue weighted by Gasteiger charge is -2.08. The van der Waals surface area contributed by atoms with E-state index in [-0.39, 0.29) is 12.5 Å². The summed E-state index contributed by atoms with van der Waals surface area (Å²) < 4.78 is 6.88. The molecule has 1 aromatic heterocycles. The lowest BCUT2D eigenvalue weighted by Crippen LogP contribution is -2.18. The van der Waals surface area contributed by atoms with Gasteiger partial charge in [-0.2, -0.15) is 0 Å². The predicted molar refractivity (Wildman–Crippen MR) is 69.1 cm³/mol. The lowest BCUT2D eigenvalue weighted by molar-refractivity contribution is -0.143. The molecule has 2 rings (SSSR count). The summed E-state index contributed by atoms with van der Waals surface area (Å²) in [5.41, 5.74) is 1.85. The molecule has 1 heterocycles. The quantitative estimate of drug-likeness (QED) is 0.810. The van der Waals surface area contributed by atoms with Crippen molar-refractivity contribution in [1.82, 2.24) is 14.9 Å². The van der Waals surface area contributed by atoms with Gasteiger partial charge in [0, 0.05) is 0 Å². The molecule has 96 valence electrons. The number of para-hydroxylation sites is 2. The summed E-state index contributed by atoms with van der Waals surface area (Å²) >= 11 is 0. The zero-order valence-electron chi connectivity index (χ0n) is 10.6. The molecule has 0 amide bonds. The second kappa shape index (κ2) is 5.64. The van der Waals surface area contributed by atoms with Gasteiger partial charge in [-0.25, -0.2) is 4.98 Å². The molecule has 0 radical (unpaired) electrons. The number of carbonyl (C=O) groups is 1. The summed E-state index contributed by atoms with van der Waals surface area (Å²) in [5.74, 6) is 0.602. The van der Waals surface area contributed by atoms with Crippen molar-refractivity contribution in [2.24, 2.45) is 0 Å². The van der Waals surface area contributed by atoms with Crippen molar-refractivity contribution in [2.75, 3.05) is 13.7 Å². The van der Waals surface area contributed by atoms with Crippen LogP contribution in [0.15, 0.2) is 24.3 Å². The van der Waals surface area contributed by atoms with Crippen molar-refractivity contribution < 1.29 is 9.53 Å². The van der Waals surface area contributed by atoms with Crippen LogP contribution in [-0.4, -0.2) is 29.2 Å². The first-order chi connectivity index (χ1) is 8.76. The highest BCUT2D eigenvalue weighted by molar-refractivity contribution is 5.78. The molecule has 1 aromatic carbocycles. The molecule has 1 N–H and O–H groups in total. The van der Waals surface area contributed by atoms with E-state index >= 15 is 0 Å². The minimum Gasteiger partial charge on any atom is -0.465 e. The Kier molecular flexibility index (Phi) is 3.94. The normalized spacial score (nSPS) is 10.8. The molecular formula is C13H17N3O2. The summed E-state index contributed by atoms with van der Waals surface area (Å²) in [6.45, 7) is 3.02. The van der Waals surface area contributed by atoms with Gasteiger partial charge in [0.25, 0.3) is 0 Å². The standard InChI is InChI=1S/C13H17N3O2/c1-3-18-13(17)9-16-11-7-5-4-6-10(11)15-12(16)8-14-2/h4-7,14H,3,8-9H2,1-2H3. The second-order valence-corrected chi connectivity index (χ2v) is 3.94. The molecule has 0 aliphatic rings. The van der Waals surface area contributed by atoms with E-state index in [1.54, 1.807) is 6.92 Å². The number of aromatic nitrogens is 2. The summed E-state index contributed by atoms with van der Waals surface area (Å²) in [7, 11) is 1.86. The van der Waals surface area contributed by atoms with Crippen molar-refractivity contribution >= 4 is 17.0 Å². The Labute approximate surface area is 106 Å². The van der Waals surface area contributed by atoms with Crippen LogP contribution in [-0.2, 0) is 22.6 Å². The number of rotatable bonds is 5. The van der Waals surface area contributed by atoms with Crippen molar-refractivity contribution in [3.63, 3.8) is 0 Å². The maximum Gasteiger partial charge on any atom is 0.326 e. The number of hydrogen-bond acceptors (Lipinski definition) is 4. The van der Waals surface area contributed by atoms with E-state index in [0.717, 1.165) is 16.9 Å². The molecule has 18 heavy (non-hydrogen) atoms. The highest BCUT2D eigenvalue weighted by Gasteiger charge is 2.13. The molecule has 0 bridgehead atoms. The van der Waals surface area contributed by atoms with Crippen LogP contribution in [0.1, 0.15) is 12.7 Å². The average Bonchev–Trinajstić information content (AvgIpc) is 2.69. The number of carbonyl (C=O) groups excluding carboxylic acids is 1. The minimum atomic E-state index is -0.238. The van der Waals surface area contributed by atoms with Crippen LogP contribution in [0.2, 0.25) is 0 Å². The molecule has 0 spiro atoms. The first-order valence-corrected chi connectivity index (χ1v) is 6.00. The number of fused-ring (bicyclic) bond motifs is 1. The van der Waals surface area contributed by atoms with E-state index in [1.165, 1.54) is 0 Å². The average molecular weight is 247 g/mol. The fourth-order valence-corrected chi connectivity index (χ4v) is 1.93. The van der Waals surface area contributed by atoms with Gasteiger partial charge in [0.1, 0.15) is 12.4 Å². The summed E-state index contributed by atoms with van der Waals surface area (Å²) in [6.07, 6.45) is 0. The zero-order valence-corrected chi connectivity index (χ0v) is 10.6. The molecule has 0 unspecified atom stereocenters. The topological polar surface area (TPSA) is 56.1 Å². The van der Waals surface area contributed by atoms with E-state index in [9.17, 15) is 4.79 Å². The van der Waals surface area contributed by atoms with Gasteiger partial charge in [-0.3, -0.25) is 4.79 Å². The van der Waals surface area contributed by atoms with Crippen molar-refractivity contribution in [2.45, 2.75) is 20.0 Å². The molecule has 0 fully saturated rings. The maximum atomic E-state index is 11.6. The predicted octanol–water partition coefficient (Wildman–Crippen LogP) is 1.32. The fraction of sp³-hybridized carbons (Fsp3) is 0.385. The van der Waals surface area contributed by atoms with Gasteiger partial charge in [0.2, 0.25) is 0 Å². The lowest BCUT2D eigenvalue weighted by atomic mass is 10.3. The Morgan fingerprint density at radius 1 is 1.44 bits per heavy atom. The zero-order chi connectivity index (χ0) is 13.0. The van der Waals surface area contributed by atoms with E-state index in [0.29, 0.717) is 13.2 Å². The largest absolute Gasteiger partial charge is 0.465 e. The first kappa shape index (κ1) is 12.6. The van der Waals surface area contributed by atoms with Crippen LogP contribution < -0.4 is 5.32 Å². The van der Waals surface area contributed by atoms with Crippen molar-refractivity contribution in [1.29, 1.82) is 0 Å². The van der Waals surface area contributed by atoms with Crippen LogP contribution in [0.5, 0.6) is 0 Å². The minimum absolute atomic E-state index is 0.200. The van der Waals surface area contributed by atoms with Gasteiger partial charge in [0.15, 0.2) is 0 Å². The summed E-state index contributed by atoms with van der Waals surface area (Å²) in [4.78, 5) is 16.1. The molecule has 5 nitrogen and oxygen atoms in total. The third-order valence-corrected chi connectivity index (χ3v) is 2.66. The van der Waals surface area contributed by atoms with Crippen LogP contribution >= 0.6 is 0 Å². The smallest absolute Gasteiger partial charge is 0.326 e. The molecule has 0 aliphatic heterocycles. The highest BCUT2D eigenvalue weighted by Crippen LogP contribution is 2.16. The van der Waals surface area contributed by atoms with Gasteiger partial charge in [0.05, 0.1) is 24.2 Å². The molecule has 5 heteroatoms. The summed E-state index contributed by atoms with van der Waals surface area (Å²) in [6, 6.07) is 7.78. The van der Waals surface area contributed by atoms with Crippen LogP contribution in [0.25, 0.3) is 11.0 Å². The SMILES string of the molecule is CCOC(=O)Cn1c(CNC)nc2ccccc21. The number of nitrogens with one attached hydrogen (secondary N) is 1. The van der Waals surface area contributed by atoms with Crippen molar-refractivity contribution in [3.8, 4) is 0 Å². The Hall–Kier alpha value is -1.88. The Balaban J connectivity index is 2.38. The van der Waals surface area contributed by atoms with E-state index in [2.05, 4.69) is 10.3 Å². The Bertz CT molecular complexity index is 548. The molecule has 0 saturated heterocycles.